The van der Waals surface area contributed by atoms with Gasteiger partial charge in [0.1, 0.15) is 5.75 Å². The van der Waals surface area contributed by atoms with E-state index in [4.69, 9.17) is 17.0 Å². The molecule has 19 heavy (non-hydrogen) atoms. The average molecular weight is 278 g/mol. The summed E-state index contributed by atoms with van der Waals surface area (Å²) < 4.78 is 5.15. The second-order valence-corrected chi connectivity index (χ2v) is 5.43. The molecule has 104 valence electrons. The molecule has 0 atom stereocenters. The van der Waals surface area contributed by atoms with Gasteiger partial charge in [0.25, 0.3) is 0 Å². The molecule has 4 heteroatoms. The van der Waals surface area contributed by atoms with Crippen LogP contribution in [0, 0.1) is 5.92 Å². The summed E-state index contributed by atoms with van der Waals surface area (Å²) in [5.41, 5.74) is 1.02. The topological polar surface area (TPSA) is 24.5 Å². The van der Waals surface area contributed by atoms with Crippen LogP contribution in [-0.4, -0.2) is 30.2 Å². The summed E-state index contributed by atoms with van der Waals surface area (Å²) in [5, 5.41) is 4.15. The third-order valence-electron chi connectivity index (χ3n) is 3.30. The van der Waals surface area contributed by atoms with E-state index in [1.54, 1.807) is 7.11 Å². The van der Waals surface area contributed by atoms with Crippen molar-refractivity contribution in [2.24, 2.45) is 5.92 Å². The molecule has 0 saturated heterocycles. The number of anilines is 1. The molecule has 1 fully saturated rings. The lowest BCUT2D eigenvalue weighted by Gasteiger charge is -2.25. The van der Waals surface area contributed by atoms with Crippen molar-refractivity contribution in [3.05, 3.63) is 24.3 Å². The van der Waals surface area contributed by atoms with Gasteiger partial charge < -0.3 is 15.0 Å². The summed E-state index contributed by atoms with van der Waals surface area (Å²) in [4.78, 5) is 2.29. The van der Waals surface area contributed by atoms with E-state index in [-0.39, 0.29) is 0 Å². The molecule has 0 aromatic heterocycles. The van der Waals surface area contributed by atoms with E-state index in [1.165, 1.54) is 12.8 Å². The minimum Gasteiger partial charge on any atom is -0.497 e. The van der Waals surface area contributed by atoms with Crippen LogP contribution < -0.4 is 10.1 Å². The summed E-state index contributed by atoms with van der Waals surface area (Å²) in [6.45, 7) is 4.31. The van der Waals surface area contributed by atoms with E-state index >= 15 is 0 Å². The minimum atomic E-state index is 0.832. The zero-order chi connectivity index (χ0) is 13.7. The van der Waals surface area contributed by atoms with Gasteiger partial charge >= 0.3 is 0 Å². The van der Waals surface area contributed by atoms with Gasteiger partial charge in [0, 0.05) is 18.8 Å². The maximum atomic E-state index is 5.51. The van der Waals surface area contributed by atoms with E-state index < -0.39 is 0 Å². The van der Waals surface area contributed by atoms with Crippen LogP contribution in [0.1, 0.15) is 26.2 Å². The third kappa shape index (κ3) is 4.39. The zero-order valence-electron chi connectivity index (χ0n) is 11.7. The van der Waals surface area contributed by atoms with Crippen molar-refractivity contribution < 1.29 is 4.74 Å². The second kappa shape index (κ2) is 6.75. The molecule has 1 aliphatic rings. The van der Waals surface area contributed by atoms with E-state index in [0.29, 0.717) is 0 Å². The van der Waals surface area contributed by atoms with E-state index in [1.807, 2.05) is 24.3 Å². The van der Waals surface area contributed by atoms with Gasteiger partial charge in [-0.05, 0) is 61.7 Å². The van der Waals surface area contributed by atoms with Crippen LogP contribution in [0.5, 0.6) is 5.75 Å². The van der Waals surface area contributed by atoms with E-state index in [9.17, 15) is 0 Å². The van der Waals surface area contributed by atoms with Crippen molar-refractivity contribution >= 4 is 23.0 Å². The first-order valence-corrected chi connectivity index (χ1v) is 7.33. The molecule has 0 aliphatic heterocycles. The first-order chi connectivity index (χ1) is 9.22. The Bertz CT molecular complexity index is 415. The summed E-state index contributed by atoms with van der Waals surface area (Å²) in [5.74, 6) is 1.71. The quantitative estimate of drug-likeness (QED) is 0.805. The fourth-order valence-corrected chi connectivity index (χ4v) is 2.32. The standard InChI is InChI=1S/C15H22N2OS/c1-3-10-17(11-12-4-5-12)15(19)16-13-6-8-14(18-2)9-7-13/h6-9,12H,3-5,10-11H2,1-2H3,(H,16,19). The largest absolute Gasteiger partial charge is 0.497 e. The SMILES string of the molecule is CCCN(CC1CC1)C(=S)Nc1ccc(OC)cc1. The molecule has 1 N–H and O–H groups in total. The second-order valence-electron chi connectivity index (χ2n) is 5.05. The van der Waals surface area contributed by atoms with Gasteiger partial charge in [-0.15, -0.1) is 0 Å². The van der Waals surface area contributed by atoms with Crippen molar-refractivity contribution in [2.75, 3.05) is 25.5 Å². The van der Waals surface area contributed by atoms with Crippen LogP contribution in [0.4, 0.5) is 5.69 Å². The molecule has 1 aromatic carbocycles. The molecule has 1 saturated carbocycles. The Hall–Kier alpha value is -1.29. The van der Waals surface area contributed by atoms with Crippen LogP contribution in [0.3, 0.4) is 0 Å². The number of ether oxygens (including phenoxy) is 1. The maximum absolute atomic E-state index is 5.51. The molecule has 0 unspecified atom stereocenters. The van der Waals surface area contributed by atoms with Crippen molar-refractivity contribution in [3.63, 3.8) is 0 Å². The average Bonchev–Trinajstić information content (AvgIpc) is 3.23. The van der Waals surface area contributed by atoms with Gasteiger partial charge in [-0.1, -0.05) is 6.92 Å². The van der Waals surface area contributed by atoms with E-state index in [0.717, 1.165) is 42.0 Å². The third-order valence-corrected chi connectivity index (χ3v) is 3.66. The Morgan fingerprint density at radius 2 is 2.05 bits per heavy atom. The molecule has 0 spiro atoms. The molecule has 2 rings (SSSR count). The monoisotopic (exact) mass is 278 g/mol. The molecular formula is C15H22N2OS. The Morgan fingerprint density at radius 3 is 2.58 bits per heavy atom. The minimum absolute atomic E-state index is 0.832. The number of nitrogens with zero attached hydrogens (tertiary/aromatic N) is 1. The molecule has 0 bridgehead atoms. The molecular weight excluding hydrogens is 256 g/mol. The Morgan fingerprint density at radius 1 is 1.37 bits per heavy atom. The van der Waals surface area contributed by atoms with Crippen LogP contribution in [-0.2, 0) is 0 Å². The summed E-state index contributed by atoms with van der Waals surface area (Å²) >= 11 is 5.51. The molecule has 1 aromatic rings. The molecule has 3 nitrogen and oxygen atoms in total. The molecule has 0 radical (unpaired) electrons. The lowest BCUT2D eigenvalue weighted by Crippen LogP contribution is -2.36. The first kappa shape index (κ1) is 14.1. The Kier molecular flexibility index (Phi) is 5.02. The highest BCUT2D eigenvalue weighted by atomic mass is 32.1. The number of methoxy groups -OCH3 is 1. The highest BCUT2D eigenvalue weighted by Crippen LogP contribution is 2.30. The molecule has 1 aliphatic carbocycles. The van der Waals surface area contributed by atoms with Crippen molar-refractivity contribution in [3.8, 4) is 5.75 Å². The highest BCUT2D eigenvalue weighted by Gasteiger charge is 2.25. The number of benzene rings is 1. The Balaban J connectivity index is 1.92. The van der Waals surface area contributed by atoms with Gasteiger partial charge in [-0.2, -0.15) is 0 Å². The van der Waals surface area contributed by atoms with Gasteiger partial charge in [0.2, 0.25) is 0 Å². The van der Waals surface area contributed by atoms with Crippen LogP contribution in [0.15, 0.2) is 24.3 Å². The lowest BCUT2D eigenvalue weighted by molar-refractivity contribution is 0.404. The Labute approximate surface area is 120 Å². The number of rotatable bonds is 6. The maximum Gasteiger partial charge on any atom is 0.173 e. The van der Waals surface area contributed by atoms with Crippen molar-refractivity contribution in [1.29, 1.82) is 0 Å². The van der Waals surface area contributed by atoms with Gasteiger partial charge in [0.05, 0.1) is 7.11 Å². The number of hydrogen-bond acceptors (Lipinski definition) is 2. The van der Waals surface area contributed by atoms with Crippen LogP contribution in [0.2, 0.25) is 0 Å². The smallest absolute Gasteiger partial charge is 0.173 e. The highest BCUT2D eigenvalue weighted by molar-refractivity contribution is 7.80. The fraction of sp³-hybridized carbons (Fsp3) is 0.533. The van der Waals surface area contributed by atoms with Crippen molar-refractivity contribution in [1.82, 2.24) is 4.90 Å². The van der Waals surface area contributed by atoms with Gasteiger partial charge in [-0.25, -0.2) is 0 Å². The number of thiocarbonyl (C=S) groups is 1. The van der Waals surface area contributed by atoms with Gasteiger partial charge in [0.15, 0.2) is 5.11 Å². The molecule has 0 heterocycles. The number of nitrogens with one attached hydrogen (secondary N) is 1. The van der Waals surface area contributed by atoms with E-state index in [2.05, 4.69) is 17.1 Å². The summed E-state index contributed by atoms with van der Waals surface area (Å²) in [6, 6.07) is 7.87. The van der Waals surface area contributed by atoms with Crippen LogP contribution >= 0.6 is 12.2 Å². The summed E-state index contributed by atoms with van der Waals surface area (Å²) in [7, 11) is 1.67. The first-order valence-electron chi connectivity index (χ1n) is 6.93. The normalized spacial score (nSPS) is 14.0. The predicted octanol–water partition coefficient (Wildman–Crippen LogP) is 3.51. The number of hydrogen-bond donors (Lipinski definition) is 1. The van der Waals surface area contributed by atoms with Crippen molar-refractivity contribution in [2.45, 2.75) is 26.2 Å². The predicted molar refractivity (Wildman–Crippen MR) is 83.8 cm³/mol. The lowest BCUT2D eigenvalue weighted by atomic mass is 10.3. The van der Waals surface area contributed by atoms with Crippen LogP contribution in [0.25, 0.3) is 0 Å². The zero-order valence-corrected chi connectivity index (χ0v) is 12.5. The molecule has 0 amide bonds. The van der Waals surface area contributed by atoms with Gasteiger partial charge in [-0.3, -0.25) is 0 Å². The fourth-order valence-electron chi connectivity index (χ4n) is 2.03. The summed E-state index contributed by atoms with van der Waals surface area (Å²) in [6.07, 6.45) is 3.83.